The van der Waals surface area contributed by atoms with E-state index >= 15 is 0 Å². The van der Waals surface area contributed by atoms with Crippen LogP contribution in [0.15, 0.2) is 24.3 Å². The zero-order valence-electron chi connectivity index (χ0n) is 12.0. The zero-order chi connectivity index (χ0) is 15.0. The van der Waals surface area contributed by atoms with Crippen molar-refractivity contribution >= 4 is 11.9 Å². The number of hydrogen-bond donors (Lipinski definition) is 1. The summed E-state index contributed by atoms with van der Waals surface area (Å²) in [4.78, 5) is 23.9. The first-order chi connectivity index (χ1) is 9.56. The van der Waals surface area contributed by atoms with Gasteiger partial charge in [0, 0.05) is 13.1 Å². The van der Waals surface area contributed by atoms with Gasteiger partial charge in [-0.2, -0.15) is 0 Å². The number of rotatable bonds is 8. The van der Waals surface area contributed by atoms with Crippen molar-refractivity contribution in [1.29, 1.82) is 0 Å². The maximum atomic E-state index is 11.9. The Morgan fingerprint density at radius 3 is 2.65 bits per heavy atom. The van der Waals surface area contributed by atoms with Crippen molar-refractivity contribution in [2.24, 2.45) is 0 Å². The molecule has 0 saturated heterocycles. The minimum atomic E-state index is -0.909. The third-order valence-electron chi connectivity index (χ3n) is 3.00. The standard InChI is InChI=1S/C15H21NO4/c1-3-12-6-5-7-13(10-12)20-11-14(17)16(4-2)9-8-15(18)19/h5-7,10H,3-4,8-9,11H2,1-2H3,(H,18,19). The van der Waals surface area contributed by atoms with Gasteiger partial charge in [-0.15, -0.1) is 0 Å². The van der Waals surface area contributed by atoms with Crippen LogP contribution in [0.2, 0.25) is 0 Å². The Bertz CT molecular complexity index is 459. The molecule has 1 aromatic carbocycles. The van der Waals surface area contributed by atoms with E-state index in [1.165, 1.54) is 4.90 Å². The van der Waals surface area contributed by atoms with E-state index in [1.54, 1.807) is 6.07 Å². The first kappa shape index (κ1) is 16.0. The number of carbonyl (C=O) groups excluding carboxylic acids is 1. The lowest BCUT2D eigenvalue weighted by molar-refractivity contribution is -0.139. The molecule has 0 spiro atoms. The van der Waals surface area contributed by atoms with E-state index in [4.69, 9.17) is 9.84 Å². The second kappa shape index (κ2) is 8.19. The number of nitrogens with zero attached hydrogens (tertiary/aromatic N) is 1. The van der Waals surface area contributed by atoms with Gasteiger partial charge in [-0.1, -0.05) is 19.1 Å². The molecule has 0 bridgehead atoms. The van der Waals surface area contributed by atoms with Crippen molar-refractivity contribution in [1.82, 2.24) is 4.90 Å². The van der Waals surface area contributed by atoms with Gasteiger partial charge in [-0.25, -0.2) is 0 Å². The Morgan fingerprint density at radius 2 is 2.05 bits per heavy atom. The van der Waals surface area contributed by atoms with E-state index in [-0.39, 0.29) is 25.5 Å². The second-order valence-electron chi connectivity index (χ2n) is 4.41. The molecule has 0 heterocycles. The summed E-state index contributed by atoms with van der Waals surface area (Å²) in [5.74, 6) is -0.449. The second-order valence-corrected chi connectivity index (χ2v) is 4.41. The number of aliphatic carboxylic acids is 1. The summed E-state index contributed by atoms with van der Waals surface area (Å²) in [7, 11) is 0. The zero-order valence-corrected chi connectivity index (χ0v) is 12.0. The number of hydrogen-bond acceptors (Lipinski definition) is 3. The molecule has 0 saturated carbocycles. The van der Waals surface area contributed by atoms with Crippen molar-refractivity contribution in [3.8, 4) is 5.75 Å². The Kier molecular flexibility index (Phi) is 6.56. The minimum absolute atomic E-state index is 0.0507. The molecule has 0 aliphatic rings. The highest BCUT2D eigenvalue weighted by Gasteiger charge is 2.13. The number of carboxylic acid groups (broad SMARTS) is 1. The number of carboxylic acids is 1. The first-order valence-corrected chi connectivity index (χ1v) is 6.78. The number of likely N-dealkylation sites (N-methyl/N-ethyl adjacent to an activating group) is 1. The molecule has 5 nitrogen and oxygen atoms in total. The van der Waals surface area contributed by atoms with E-state index < -0.39 is 5.97 Å². The number of carbonyl (C=O) groups is 2. The summed E-state index contributed by atoms with van der Waals surface area (Å²) in [5.41, 5.74) is 1.15. The average molecular weight is 279 g/mol. The quantitative estimate of drug-likeness (QED) is 0.790. The van der Waals surface area contributed by atoms with Crippen LogP contribution in [0.1, 0.15) is 25.8 Å². The number of ether oxygens (including phenoxy) is 1. The lowest BCUT2D eigenvalue weighted by atomic mass is 10.2. The molecule has 0 aliphatic carbocycles. The van der Waals surface area contributed by atoms with Crippen LogP contribution >= 0.6 is 0 Å². The maximum Gasteiger partial charge on any atom is 0.305 e. The third-order valence-corrected chi connectivity index (χ3v) is 3.00. The third kappa shape index (κ3) is 5.30. The first-order valence-electron chi connectivity index (χ1n) is 6.78. The Balaban J connectivity index is 2.49. The number of aryl methyl sites for hydroxylation is 1. The Hall–Kier alpha value is -2.04. The van der Waals surface area contributed by atoms with Crippen molar-refractivity contribution in [2.45, 2.75) is 26.7 Å². The van der Waals surface area contributed by atoms with Gasteiger partial charge >= 0.3 is 5.97 Å². The summed E-state index contributed by atoms with van der Waals surface area (Å²) >= 11 is 0. The largest absolute Gasteiger partial charge is 0.484 e. The topological polar surface area (TPSA) is 66.8 Å². The van der Waals surface area contributed by atoms with E-state index in [9.17, 15) is 9.59 Å². The van der Waals surface area contributed by atoms with Crippen LogP contribution in [0.5, 0.6) is 5.75 Å². The van der Waals surface area contributed by atoms with Gasteiger partial charge in [-0.05, 0) is 31.0 Å². The molecule has 5 heteroatoms. The lowest BCUT2D eigenvalue weighted by Gasteiger charge is -2.20. The van der Waals surface area contributed by atoms with Crippen molar-refractivity contribution in [2.75, 3.05) is 19.7 Å². The lowest BCUT2D eigenvalue weighted by Crippen LogP contribution is -2.36. The molecule has 1 aromatic rings. The van der Waals surface area contributed by atoms with Crippen LogP contribution in [-0.2, 0) is 16.0 Å². The van der Waals surface area contributed by atoms with E-state index in [2.05, 4.69) is 6.92 Å². The highest BCUT2D eigenvalue weighted by molar-refractivity contribution is 5.78. The van der Waals surface area contributed by atoms with Gasteiger partial charge in [0.2, 0.25) is 0 Å². The van der Waals surface area contributed by atoms with Crippen LogP contribution in [0.3, 0.4) is 0 Å². The molecule has 0 aliphatic heterocycles. The van der Waals surface area contributed by atoms with Crippen LogP contribution in [-0.4, -0.2) is 41.6 Å². The summed E-state index contributed by atoms with van der Waals surface area (Å²) in [6, 6.07) is 7.60. The smallest absolute Gasteiger partial charge is 0.305 e. The van der Waals surface area contributed by atoms with E-state index in [0.29, 0.717) is 12.3 Å². The molecule has 1 rings (SSSR count). The monoisotopic (exact) mass is 279 g/mol. The molecule has 0 fully saturated rings. The maximum absolute atomic E-state index is 11.9. The normalized spacial score (nSPS) is 10.1. The molecule has 1 amide bonds. The van der Waals surface area contributed by atoms with Crippen LogP contribution < -0.4 is 4.74 Å². The van der Waals surface area contributed by atoms with Gasteiger partial charge < -0.3 is 14.7 Å². The summed E-state index contributed by atoms with van der Waals surface area (Å²) in [5, 5.41) is 8.64. The molecule has 0 unspecified atom stereocenters. The highest BCUT2D eigenvalue weighted by atomic mass is 16.5. The molecule has 20 heavy (non-hydrogen) atoms. The summed E-state index contributed by atoms with van der Waals surface area (Å²) in [6.45, 7) is 4.49. The number of benzene rings is 1. The highest BCUT2D eigenvalue weighted by Crippen LogP contribution is 2.13. The minimum Gasteiger partial charge on any atom is -0.484 e. The molecular formula is C15H21NO4. The van der Waals surface area contributed by atoms with Crippen molar-refractivity contribution < 1.29 is 19.4 Å². The van der Waals surface area contributed by atoms with Crippen molar-refractivity contribution in [3.63, 3.8) is 0 Å². The molecule has 0 radical (unpaired) electrons. The fourth-order valence-corrected chi connectivity index (χ4v) is 1.78. The Morgan fingerprint density at radius 1 is 1.30 bits per heavy atom. The summed E-state index contributed by atoms with van der Waals surface area (Å²) < 4.78 is 5.46. The molecule has 1 N–H and O–H groups in total. The van der Waals surface area contributed by atoms with Crippen molar-refractivity contribution in [3.05, 3.63) is 29.8 Å². The van der Waals surface area contributed by atoms with Gasteiger partial charge in [0.1, 0.15) is 5.75 Å². The molecular weight excluding hydrogens is 258 g/mol. The van der Waals surface area contributed by atoms with Crippen LogP contribution in [0.25, 0.3) is 0 Å². The fourth-order valence-electron chi connectivity index (χ4n) is 1.78. The van der Waals surface area contributed by atoms with Gasteiger partial charge in [0.05, 0.1) is 6.42 Å². The fraction of sp³-hybridized carbons (Fsp3) is 0.467. The van der Waals surface area contributed by atoms with Crippen LogP contribution in [0.4, 0.5) is 0 Å². The predicted molar refractivity (Wildman–Crippen MR) is 75.8 cm³/mol. The number of amides is 1. The van der Waals surface area contributed by atoms with Gasteiger partial charge in [-0.3, -0.25) is 9.59 Å². The van der Waals surface area contributed by atoms with Gasteiger partial charge in [0.25, 0.3) is 5.91 Å². The average Bonchev–Trinajstić information content (AvgIpc) is 2.45. The summed E-state index contributed by atoms with van der Waals surface area (Å²) in [6.07, 6.45) is 0.857. The van der Waals surface area contributed by atoms with Gasteiger partial charge in [0.15, 0.2) is 6.61 Å². The Labute approximate surface area is 119 Å². The molecule has 0 aromatic heterocycles. The SMILES string of the molecule is CCc1cccc(OCC(=O)N(CC)CCC(=O)O)c1. The predicted octanol–water partition coefficient (Wildman–Crippen LogP) is 1.95. The molecule has 110 valence electrons. The van der Waals surface area contributed by atoms with E-state index in [0.717, 1.165) is 12.0 Å². The van der Waals surface area contributed by atoms with Crippen LogP contribution in [0, 0.1) is 0 Å². The molecule has 0 atom stereocenters. The van der Waals surface area contributed by atoms with E-state index in [1.807, 2.05) is 25.1 Å².